The summed E-state index contributed by atoms with van der Waals surface area (Å²) in [5, 5.41) is 0. The minimum atomic E-state index is -4.76. The molecule has 8 heteroatoms. The van der Waals surface area contributed by atoms with E-state index in [9.17, 15) is 22.8 Å². The van der Waals surface area contributed by atoms with E-state index in [4.69, 9.17) is 0 Å². The molecule has 4 nitrogen and oxygen atoms in total. The van der Waals surface area contributed by atoms with E-state index in [-0.39, 0.29) is 17.1 Å². The molecule has 2 aromatic carbocycles. The number of alkyl halides is 3. The van der Waals surface area contributed by atoms with Gasteiger partial charge in [0.2, 0.25) is 0 Å². The zero-order chi connectivity index (χ0) is 21.5. The largest absolute Gasteiger partial charge is 0.573 e. The molecule has 0 N–H and O–H groups in total. The standard InChI is InChI=1S/C22H14F3NO3S/c1-26-17-12-18(13-7-9-15(10-8-13)29-22(23,24)25)30-21(17)16(11-19(26)27)20(28)14-5-3-2-4-6-14/h2-12H,1H3. The zero-order valence-corrected chi connectivity index (χ0v) is 16.4. The van der Waals surface area contributed by atoms with Crippen LogP contribution in [0.25, 0.3) is 20.7 Å². The SMILES string of the molecule is Cn1c(=O)cc(C(=O)c2ccccc2)c2sc(-c3ccc(OC(F)(F)F)cc3)cc21. The Bertz CT molecular complexity index is 1290. The molecule has 30 heavy (non-hydrogen) atoms. The number of hydrogen-bond acceptors (Lipinski definition) is 4. The van der Waals surface area contributed by atoms with E-state index >= 15 is 0 Å². The summed E-state index contributed by atoms with van der Waals surface area (Å²) in [6.45, 7) is 0. The van der Waals surface area contributed by atoms with Gasteiger partial charge < -0.3 is 9.30 Å². The highest BCUT2D eigenvalue weighted by atomic mass is 32.1. The maximum Gasteiger partial charge on any atom is 0.573 e. The van der Waals surface area contributed by atoms with Gasteiger partial charge in [-0.1, -0.05) is 30.3 Å². The van der Waals surface area contributed by atoms with E-state index < -0.39 is 6.36 Å². The molecule has 0 unspecified atom stereocenters. The second-order valence-corrected chi connectivity index (χ2v) is 7.60. The first-order valence-corrected chi connectivity index (χ1v) is 9.64. The number of ketones is 1. The van der Waals surface area contributed by atoms with Gasteiger partial charge in [-0.3, -0.25) is 9.59 Å². The molecule has 152 valence electrons. The van der Waals surface area contributed by atoms with Gasteiger partial charge in [0.05, 0.1) is 10.2 Å². The van der Waals surface area contributed by atoms with Gasteiger partial charge in [0.1, 0.15) is 5.75 Å². The van der Waals surface area contributed by atoms with Gasteiger partial charge in [-0.05, 0) is 35.9 Å². The highest BCUT2D eigenvalue weighted by Crippen LogP contribution is 2.36. The fraction of sp³-hybridized carbons (Fsp3) is 0.0909. The lowest BCUT2D eigenvalue weighted by atomic mass is 10.0. The average molecular weight is 429 g/mol. The molecule has 0 spiro atoms. The summed E-state index contributed by atoms with van der Waals surface area (Å²) in [5.41, 5.74) is 1.68. The summed E-state index contributed by atoms with van der Waals surface area (Å²) >= 11 is 1.30. The number of aromatic nitrogens is 1. The first-order valence-electron chi connectivity index (χ1n) is 8.82. The molecule has 0 fully saturated rings. The van der Waals surface area contributed by atoms with Crippen molar-refractivity contribution < 1.29 is 22.7 Å². The van der Waals surface area contributed by atoms with E-state index in [1.807, 2.05) is 0 Å². The van der Waals surface area contributed by atoms with Gasteiger partial charge in [-0.2, -0.15) is 0 Å². The fourth-order valence-electron chi connectivity index (χ4n) is 3.10. The van der Waals surface area contributed by atoms with Gasteiger partial charge in [-0.25, -0.2) is 0 Å². The van der Waals surface area contributed by atoms with E-state index in [0.29, 0.717) is 31.8 Å². The van der Waals surface area contributed by atoms with E-state index in [1.165, 1.54) is 46.2 Å². The van der Waals surface area contributed by atoms with Crippen LogP contribution in [0, 0.1) is 0 Å². The number of ether oxygens (including phenoxy) is 1. The molecule has 4 aromatic rings. The topological polar surface area (TPSA) is 48.3 Å². The van der Waals surface area contributed by atoms with Crippen LogP contribution < -0.4 is 10.3 Å². The van der Waals surface area contributed by atoms with Gasteiger partial charge in [-0.15, -0.1) is 24.5 Å². The van der Waals surface area contributed by atoms with Crippen LogP contribution in [0.15, 0.2) is 71.5 Å². The number of aryl methyl sites for hydroxylation is 1. The third-order valence-corrected chi connectivity index (χ3v) is 5.78. The van der Waals surface area contributed by atoms with Crippen molar-refractivity contribution in [2.75, 3.05) is 0 Å². The molecule has 0 aliphatic carbocycles. The molecule has 0 aliphatic heterocycles. The maximum absolute atomic E-state index is 13.0. The average Bonchev–Trinajstić information content (AvgIpc) is 3.16. The van der Waals surface area contributed by atoms with Crippen LogP contribution in [0.1, 0.15) is 15.9 Å². The Morgan fingerprint density at radius 3 is 2.30 bits per heavy atom. The Balaban J connectivity index is 1.80. The molecule has 0 amide bonds. The molecule has 0 bridgehead atoms. The lowest BCUT2D eigenvalue weighted by Crippen LogP contribution is -2.18. The maximum atomic E-state index is 13.0. The Morgan fingerprint density at radius 1 is 1.00 bits per heavy atom. The van der Waals surface area contributed by atoms with Crippen molar-refractivity contribution in [2.45, 2.75) is 6.36 Å². The van der Waals surface area contributed by atoms with Crippen molar-refractivity contribution in [2.24, 2.45) is 7.05 Å². The number of benzene rings is 2. The van der Waals surface area contributed by atoms with Gasteiger partial charge in [0.25, 0.3) is 5.56 Å². The molecule has 0 saturated carbocycles. The normalized spacial score (nSPS) is 11.6. The summed E-state index contributed by atoms with van der Waals surface area (Å²) in [6, 6.07) is 17.2. The highest BCUT2D eigenvalue weighted by Gasteiger charge is 2.31. The van der Waals surface area contributed by atoms with Crippen LogP contribution >= 0.6 is 11.3 Å². The number of nitrogens with zero attached hydrogens (tertiary/aromatic N) is 1. The first kappa shape index (κ1) is 19.9. The Kier molecular flexibility index (Phi) is 4.95. The number of carbonyl (C=O) groups is 1. The zero-order valence-electron chi connectivity index (χ0n) is 15.6. The lowest BCUT2D eigenvalue weighted by Gasteiger charge is -2.08. The third-order valence-electron chi connectivity index (χ3n) is 4.57. The number of thiophene rings is 1. The molecule has 4 rings (SSSR count). The van der Waals surface area contributed by atoms with Crippen molar-refractivity contribution in [3.8, 4) is 16.2 Å². The van der Waals surface area contributed by atoms with Crippen LogP contribution in [0.2, 0.25) is 0 Å². The summed E-state index contributed by atoms with van der Waals surface area (Å²) in [6.07, 6.45) is -4.76. The molecule has 2 heterocycles. The highest BCUT2D eigenvalue weighted by molar-refractivity contribution is 7.22. The number of fused-ring (bicyclic) bond motifs is 1. The summed E-state index contributed by atoms with van der Waals surface area (Å²) in [4.78, 5) is 26.1. The molecule has 0 atom stereocenters. The van der Waals surface area contributed by atoms with E-state index in [1.54, 1.807) is 43.4 Å². The summed E-state index contributed by atoms with van der Waals surface area (Å²) < 4.78 is 43.1. The van der Waals surface area contributed by atoms with Crippen LogP contribution in [-0.4, -0.2) is 16.7 Å². The first-order chi connectivity index (χ1) is 14.2. The Hall–Kier alpha value is -3.39. The number of hydrogen-bond donors (Lipinski definition) is 0. The second kappa shape index (κ2) is 7.46. The summed E-state index contributed by atoms with van der Waals surface area (Å²) in [7, 11) is 1.61. The predicted molar refractivity (Wildman–Crippen MR) is 109 cm³/mol. The molecule has 0 saturated heterocycles. The molecular weight excluding hydrogens is 415 g/mol. The predicted octanol–water partition coefficient (Wildman–Crippen LogP) is 5.40. The van der Waals surface area contributed by atoms with Gasteiger partial charge in [0.15, 0.2) is 5.78 Å². The monoisotopic (exact) mass is 429 g/mol. The van der Waals surface area contributed by atoms with E-state index in [2.05, 4.69) is 4.74 Å². The van der Waals surface area contributed by atoms with Crippen molar-refractivity contribution in [1.82, 2.24) is 4.57 Å². The van der Waals surface area contributed by atoms with Crippen LogP contribution in [0.5, 0.6) is 5.75 Å². The fourth-order valence-corrected chi connectivity index (χ4v) is 4.31. The van der Waals surface area contributed by atoms with Crippen molar-refractivity contribution >= 4 is 27.3 Å². The molecule has 2 aromatic heterocycles. The van der Waals surface area contributed by atoms with Crippen LogP contribution in [0.3, 0.4) is 0 Å². The van der Waals surface area contributed by atoms with Crippen molar-refractivity contribution in [3.05, 3.63) is 88.2 Å². The Labute approximate surface area is 172 Å². The number of halogens is 3. The minimum absolute atomic E-state index is 0.263. The second-order valence-electron chi connectivity index (χ2n) is 6.55. The number of carbonyl (C=O) groups excluding carboxylic acids is 1. The number of pyridine rings is 1. The Morgan fingerprint density at radius 2 is 1.67 bits per heavy atom. The molecular formula is C22H14F3NO3S. The van der Waals surface area contributed by atoms with Gasteiger partial charge in [0, 0.05) is 29.1 Å². The summed E-state index contributed by atoms with van der Waals surface area (Å²) in [5.74, 6) is -0.583. The minimum Gasteiger partial charge on any atom is -0.406 e. The number of rotatable bonds is 4. The van der Waals surface area contributed by atoms with Crippen molar-refractivity contribution in [3.63, 3.8) is 0 Å². The van der Waals surface area contributed by atoms with Gasteiger partial charge >= 0.3 is 6.36 Å². The smallest absolute Gasteiger partial charge is 0.406 e. The van der Waals surface area contributed by atoms with Crippen LogP contribution in [-0.2, 0) is 7.05 Å². The quantitative estimate of drug-likeness (QED) is 0.409. The van der Waals surface area contributed by atoms with E-state index in [0.717, 1.165) is 0 Å². The molecule has 0 radical (unpaired) electrons. The third kappa shape index (κ3) is 3.86. The molecule has 0 aliphatic rings. The van der Waals surface area contributed by atoms with Crippen molar-refractivity contribution in [1.29, 1.82) is 0 Å². The van der Waals surface area contributed by atoms with Crippen LogP contribution in [0.4, 0.5) is 13.2 Å². The lowest BCUT2D eigenvalue weighted by molar-refractivity contribution is -0.274.